The van der Waals surface area contributed by atoms with Crippen LogP contribution in [0.2, 0.25) is 0 Å². The molecule has 0 aliphatic carbocycles. The summed E-state index contributed by atoms with van der Waals surface area (Å²) in [7, 11) is 3.47. The van der Waals surface area contributed by atoms with Gasteiger partial charge in [-0.15, -0.1) is 0 Å². The van der Waals surface area contributed by atoms with Gasteiger partial charge in [0.1, 0.15) is 10.8 Å². The number of ether oxygens (including phenoxy) is 1. The zero-order valence-electron chi connectivity index (χ0n) is 11.5. The summed E-state index contributed by atoms with van der Waals surface area (Å²) in [6.07, 6.45) is 2.88. The number of methoxy groups -OCH3 is 1. The van der Waals surface area contributed by atoms with Crippen LogP contribution in [0.3, 0.4) is 0 Å². The second kappa shape index (κ2) is 6.65. The van der Waals surface area contributed by atoms with E-state index in [0.717, 1.165) is 16.1 Å². The predicted molar refractivity (Wildman–Crippen MR) is 80.9 cm³/mol. The van der Waals surface area contributed by atoms with Gasteiger partial charge in [0.05, 0.1) is 18.3 Å². The number of nitrogens with two attached hydrogens (primary N) is 1. The first-order chi connectivity index (χ1) is 9.63. The van der Waals surface area contributed by atoms with Gasteiger partial charge in [-0.25, -0.2) is 0 Å². The van der Waals surface area contributed by atoms with Crippen LogP contribution >= 0.6 is 11.5 Å². The number of pyridine rings is 1. The molecular formula is C13H18N4O2S. The molecular weight excluding hydrogens is 276 g/mol. The summed E-state index contributed by atoms with van der Waals surface area (Å²) in [5.74, 6) is 0.490. The number of aliphatic hydroxyl groups excluding tert-OH is 1. The molecule has 2 rings (SSSR count). The van der Waals surface area contributed by atoms with Crippen LogP contribution in [-0.2, 0) is 4.74 Å². The SMILES string of the molecule is COCC(O)CN(C)c1snc(N)c1-c1ccncc1. The molecule has 0 aliphatic heterocycles. The minimum atomic E-state index is -0.557. The summed E-state index contributed by atoms with van der Waals surface area (Å²) >= 11 is 1.32. The maximum absolute atomic E-state index is 9.83. The minimum Gasteiger partial charge on any atom is -0.389 e. The molecule has 0 fully saturated rings. The Balaban J connectivity index is 2.25. The Kier molecular flexibility index (Phi) is 4.89. The van der Waals surface area contributed by atoms with Crippen LogP contribution in [0.15, 0.2) is 24.5 Å². The number of nitrogen functional groups attached to an aromatic ring is 1. The first kappa shape index (κ1) is 14.7. The second-order valence-electron chi connectivity index (χ2n) is 4.47. The molecule has 2 aromatic rings. The Morgan fingerprint density at radius 1 is 1.45 bits per heavy atom. The largest absolute Gasteiger partial charge is 0.389 e. The lowest BCUT2D eigenvalue weighted by atomic mass is 10.1. The molecule has 2 aromatic heterocycles. The maximum Gasteiger partial charge on any atom is 0.147 e. The van der Waals surface area contributed by atoms with E-state index in [0.29, 0.717) is 19.0 Å². The summed E-state index contributed by atoms with van der Waals surface area (Å²) in [4.78, 5) is 5.94. The van der Waals surface area contributed by atoms with E-state index in [4.69, 9.17) is 10.5 Å². The molecule has 7 heteroatoms. The normalized spacial score (nSPS) is 12.3. The Hall–Kier alpha value is -1.70. The summed E-state index contributed by atoms with van der Waals surface area (Å²) in [5.41, 5.74) is 7.81. The van der Waals surface area contributed by atoms with Crippen LogP contribution < -0.4 is 10.6 Å². The molecule has 2 heterocycles. The van der Waals surface area contributed by atoms with E-state index < -0.39 is 6.10 Å². The van der Waals surface area contributed by atoms with E-state index in [1.54, 1.807) is 19.5 Å². The molecule has 6 nitrogen and oxygen atoms in total. The summed E-state index contributed by atoms with van der Waals surface area (Å²) < 4.78 is 9.15. The van der Waals surface area contributed by atoms with E-state index in [-0.39, 0.29) is 0 Å². The number of nitrogens with zero attached hydrogens (tertiary/aromatic N) is 3. The quantitative estimate of drug-likeness (QED) is 0.833. The van der Waals surface area contributed by atoms with Crippen molar-refractivity contribution in [3.8, 4) is 11.1 Å². The first-order valence-corrected chi connectivity index (χ1v) is 6.94. The van der Waals surface area contributed by atoms with Crippen LogP contribution in [0.25, 0.3) is 11.1 Å². The topological polar surface area (TPSA) is 84.5 Å². The van der Waals surface area contributed by atoms with Gasteiger partial charge in [0.25, 0.3) is 0 Å². The van der Waals surface area contributed by atoms with Gasteiger partial charge in [-0.05, 0) is 29.2 Å². The molecule has 0 radical (unpaired) electrons. The van der Waals surface area contributed by atoms with Gasteiger partial charge in [0.2, 0.25) is 0 Å². The van der Waals surface area contributed by atoms with Crippen LogP contribution in [0.5, 0.6) is 0 Å². The average molecular weight is 294 g/mol. The highest BCUT2D eigenvalue weighted by Crippen LogP contribution is 2.38. The number of hydrogen-bond acceptors (Lipinski definition) is 7. The van der Waals surface area contributed by atoms with Crippen molar-refractivity contribution in [2.45, 2.75) is 6.10 Å². The molecule has 0 aliphatic rings. The van der Waals surface area contributed by atoms with E-state index in [1.165, 1.54) is 11.5 Å². The molecule has 0 amide bonds. The summed E-state index contributed by atoms with van der Waals surface area (Å²) in [5, 5.41) is 10.7. The highest BCUT2D eigenvalue weighted by Gasteiger charge is 2.18. The number of rotatable bonds is 6. The third kappa shape index (κ3) is 3.24. The van der Waals surface area contributed by atoms with Gasteiger partial charge in [-0.2, -0.15) is 4.37 Å². The molecule has 0 bridgehead atoms. The Labute approximate surface area is 122 Å². The van der Waals surface area contributed by atoms with Crippen molar-refractivity contribution in [1.82, 2.24) is 9.36 Å². The van der Waals surface area contributed by atoms with Crippen molar-refractivity contribution >= 4 is 22.4 Å². The predicted octanol–water partition coefficient (Wildman–Crippen LogP) is 1.23. The third-order valence-corrected chi connectivity index (χ3v) is 3.84. The number of hydrogen-bond donors (Lipinski definition) is 2. The summed E-state index contributed by atoms with van der Waals surface area (Å²) in [6, 6.07) is 3.78. The van der Waals surface area contributed by atoms with Crippen LogP contribution in [0.1, 0.15) is 0 Å². The first-order valence-electron chi connectivity index (χ1n) is 6.17. The molecule has 0 saturated heterocycles. The van der Waals surface area contributed by atoms with Crippen molar-refractivity contribution in [2.24, 2.45) is 0 Å². The van der Waals surface area contributed by atoms with Gasteiger partial charge in [0.15, 0.2) is 0 Å². The van der Waals surface area contributed by atoms with Crippen LogP contribution in [0.4, 0.5) is 10.8 Å². The van der Waals surface area contributed by atoms with Crippen molar-refractivity contribution in [3.05, 3.63) is 24.5 Å². The van der Waals surface area contributed by atoms with Crippen molar-refractivity contribution in [2.75, 3.05) is 37.9 Å². The third-order valence-electron chi connectivity index (χ3n) is 2.86. The molecule has 0 spiro atoms. The van der Waals surface area contributed by atoms with E-state index in [9.17, 15) is 5.11 Å². The van der Waals surface area contributed by atoms with Gasteiger partial charge in [0, 0.05) is 33.1 Å². The number of anilines is 2. The standard InChI is InChI=1S/C13H18N4O2S/c1-17(7-10(18)8-19-2)13-11(12(14)16-20-13)9-3-5-15-6-4-9/h3-6,10,18H,7-8H2,1-2H3,(H2,14,16). The van der Waals surface area contributed by atoms with Crippen molar-refractivity contribution in [1.29, 1.82) is 0 Å². The van der Waals surface area contributed by atoms with Gasteiger partial charge in [-0.3, -0.25) is 4.98 Å². The van der Waals surface area contributed by atoms with Crippen molar-refractivity contribution < 1.29 is 9.84 Å². The number of likely N-dealkylation sites (N-methyl/N-ethyl adjacent to an activating group) is 1. The highest BCUT2D eigenvalue weighted by atomic mass is 32.1. The highest BCUT2D eigenvalue weighted by molar-refractivity contribution is 7.11. The van der Waals surface area contributed by atoms with E-state index in [2.05, 4.69) is 9.36 Å². The van der Waals surface area contributed by atoms with Crippen molar-refractivity contribution in [3.63, 3.8) is 0 Å². The fraction of sp³-hybridized carbons (Fsp3) is 0.385. The zero-order chi connectivity index (χ0) is 14.5. The number of aromatic nitrogens is 2. The fourth-order valence-corrected chi connectivity index (χ4v) is 2.79. The molecule has 108 valence electrons. The van der Waals surface area contributed by atoms with E-state index >= 15 is 0 Å². The zero-order valence-corrected chi connectivity index (χ0v) is 12.3. The molecule has 1 atom stereocenters. The fourth-order valence-electron chi connectivity index (χ4n) is 1.99. The molecule has 3 N–H and O–H groups in total. The van der Waals surface area contributed by atoms with Crippen LogP contribution in [-0.4, -0.2) is 47.9 Å². The Morgan fingerprint density at radius 2 is 2.15 bits per heavy atom. The maximum atomic E-state index is 9.83. The number of aliphatic hydroxyl groups is 1. The van der Waals surface area contributed by atoms with E-state index in [1.807, 2.05) is 24.1 Å². The lowest BCUT2D eigenvalue weighted by Crippen LogP contribution is -2.31. The average Bonchev–Trinajstić information content (AvgIpc) is 2.82. The lowest BCUT2D eigenvalue weighted by Gasteiger charge is -2.21. The molecule has 1 unspecified atom stereocenters. The monoisotopic (exact) mass is 294 g/mol. The summed E-state index contributed by atoms with van der Waals surface area (Å²) in [6.45, 7) is 0.747. The van der Waals surface area contributed by atoms with Gasteiger partial charge < -0.3 is 20.5 Å². The van der Waals surface area contributed by atoms with Gasteiger partial charge >= 0.3 is 0 Å². The second-order valence-corrected chi connectivity index (χ2v) is 5.23. The van der Waals surface area contributed by atoms with Gasteiger partial charge in [-0.1, -0.05) is 0 Å². The molecule has 20 heavy (non-hydrogen) atoms. The molecule has 0 aromatic carbocycles. The molecule has 0 saturated carbocycles. The van der Waals surface area contributed by atoms with Crippen LogP contribution in [0, 0.1) is 0 Å². The lowest BCUT2D eigenvalue weighted by molar-refractivity contribution is 0.0696. The minimum absolute atomic E-state index is 0.295. The Bertz CT molecular complexity index is 547. The Morgan fingerprint density at radius 3 is 2.80 bits per heavy atom. The smallest absolute Gasteiger partial charge is 0.147 e.